The van der Waals surface area contributed by atoms with E-state index in [0.29, 0.717) is 29.5 Å². The van der Waals surface area contributed by atoms with Gasteiger partial charge in [0, 0.05) is 44.1 Å². The van der Waals surface area contributed by atoms with Gasteiger partial charge < -0.3 is 19.3 Å². The molecule has 3 heterocycles. The van der Waals surface area contributed by atoms with Crippen LogP contribution < -0.4 is 4.90 Å². The molecule has 2 aliphatic rings. The fraction of sp³-hybridized carbons (Fsp3) is 0.750. The van der Waals surface area contributed by atoms with E-state index in [4.69, 9.17) is 32.7 Å². The third kappa shape index (κ3) is 5.44. The number of carbonyl (C=O) groups is 1. The van der Waals surface area contributed by atoms with Crippen LogP contribution in [0.2, 0.25) is 10.3 Å². The summed E-state index contributed by atoms with van der Waals surface area (Å²) in [6.07, 6.45) is 4.66. The molecule has 0 bridgehead atoms. The molecule has 0 aromatic carbocycles. The Kier molecular flexibility index (Phi) is 7.82. The van der Waals surface area contributed by atoms with Crippen molar-refractivity contribution >= 4 is 35.2 Å². The van der Waals surface area contributed by atoms with Crippen molar-refractivity contribution < 1.29 is 14.3 Å². The number of nitrogens with zero attached hydrogens (tertiary/aromatic N) is 4. The van der Waals surface area contributed by atoms with Crippen molar-refractivity contribution in [2.45, 2.75) is 76.6 Å². The Bertz CT molecular complexity index is 668. The second-order valence-corrected chi connectivity index (χ2v) is 8.55. The average molecular weight is 445 g/mol. The molecule has 0 N–H and O–H groups in total. The minimum absolute atomic E-state index is 0.0475. The first-order valence-corrected chi connectivity index (χ1v) is 11.2. The van der Waals surface area contributed by atoms with E-state index in [0.717, 1.165) is 38.5 Å². The van der Waals surface area contributed by atoms with Gasteiger partial charge in [0.25, 0.3) is 0 Å². The van der Waals surface area contributed by atoms with E-state index >= 15 is 0 Å². The van der Waals surface area contributed by atoms with Crippen LogP contribution in [-0.2, 0) is 9.47 Å². The van der Waals surface area contributed by atoms with E-state index < -0.39 is 0 Å². The Hall–Kier alpha value is -1.31. The van der Waals surface area contributed by atoms with Crippen LogP contribution in [0, 0.1) is 0 Å². The van der Waals surface area contributed by atoms with E-state index in [1.54, 1.807) is 0 Å². The van der Waals surface area contributed by atoms with Crippen LogP contribution in [0.1, 0.15) is 52.4 Å². The third-order valence-corrected chi connectivity index (χ3v) is 6.37. The number of piperidine rings is 1. The largest absolute Gasteiger partial charge is 0.446 e. The van der Waals surface area contributed by atoms with Crippen molar-refractivity contribution in [1.82, 2.24) is 14.9 Å². The van der Waals surface area contributed by atoms with Crippen LogP contribution in [0.3, 0.4) is 0 Å². The van der Waals surface area contributed by atoms with Crippen LogP contribution in [0.15, 0.2) is 6.07 Å². The molecule has 0 radical (unpaired) electrons. The molecule has 2 saturated heterocycles. The van der Waals surface area contributed by atoms with Crippen LogP contribution >= 0.6 is 23.2 Å². The maximum atomic E-state index is 13.0. The first kappa shape index (κ1) is 22.4. The zero-order chi connectivity index (χ0) is 21.0. The predicted octanol–water partition coefficient (Wildman–Crippen LogP) is 4.56. The number of amides is 1. The number of hydrogen-bond acceptors (Lipinski definition) is 6. The zero-order valence-electron chi connectivity index (χ0n) is 17.3. The van der Waals surface area contributed by atoms with Gasteiger partial charge in [0.05, 0.1) is 13.2 Å². The molecule has 1 aromatic rings. The number of carbonyl (C=O) groups excluding carboxylic acids is 1. The molecule has 9 heteroatoms. The molecule has 29 heavy (non-hydrogen) atoms. The lowest BCUT2D eigenvalue weighted by Crippen LogP contribution is -2.57. The summed E-state index contributed by atoms with van der Waals surface area (Å²) in [6.45, 7) is 5.53. The van der Waals surface area contributed by atoms with Gasteiger partial charge in [-0.25, -0.2) is 14.8 Å². The number of ether oxygens (including phenoxy) is 2. The van der Waals surface area contributed by atoms with Gasteiger partial charge in [-0.1, -0.05) is 37.0 Å². The summed E-state index contributed by atoms with van der Waals surface area (Å²) in [5.74, 6) is 0.510. The Balaban J connectivity index is 1.73. The molecule has 0 saturated carbocycles. The van der Waals surface area contributed by atoms with Gasteiger partial charge in [0.2, 0.25) is 5.95 Å². The lowest BCUT2D eigenvalue weighted by atomic mass is 9.88. The number of hydrogen-bond donors (Lipinski definition) is 0. The lowest BCUT2D eigenvalue weighted by Gasteiger charge is -2.47. The predicted molar refractivity (Wildman–Crippen MR) is 114 cm³/mol. The highest BCUT2D eigenvalue weighted by Gasteiger charge is 2.40. The SMILES string of the molecule is CC[C@@H]1CC(N(C)c2nc(Cl)cc(Cl)n2)C[C@H](CC)N1C(=O)OC1CCOCC1. The molecule has 3 atom stereocenters. The second kappa shape index (κ2) is 10.1. The van der Waals surface area contributed by atoms with E-state index in [1.807, 2.05) is 16.8 Å². The minimum atomic E-state index is -0.196. The summed E-state index contributed by atoms with van der Waals surface area (Å²) in [4.78, 5) is 25.7. The number of anilines is 1. The molecule has 1 amide bonds. The topological polar surface area (TPSA) is 67.8 Å². The molecule has 0 aliphatic carbocycles. The Morgan fingerprint density at radius 2 is 1.72 bits per heavy atom. The van der Waals surface area contributed by atoms with Gasteiger partial charge in [-0.2, -0.15) is 0 Å². The van der Waals surface area contributed by atoms with Crippen molar-refractivity contribution in [1.29, 1.82) is 0 Å². The fourth-order valence-corrected chi connectivity index (χ4v) is 4.70. The molecule has 1 aromatic heterocycles. The zero-order valence-corrected chi connectivity index (χ0v) is 18.8. The number of rotatable bonds is 5. The first-order valence-electron chi connectivity index (χ1n) is 10.4. The van der Waals surface area contributed by atoms with Gasteiger partial charge in [-0.3, -0.25) is 0 Å². The Labute approximate surface area is 182 Å². The highest BCUT2D eigenvalue weighted by atomic mass is 35.5. The minimum Gasteiger partial charge on any atom is -0.446 e. The Morgan fingerprint density at radius 1 is 1.17 bits per heavy atom. The molecule has 2 fully saturated rings. The Morgan fingerprint density at radius 3 is 2.24 bits per heavy atom. The monoisotopic (exact) mass is 444 g/mol. The van der Waals surface area contributed by atoms with Gasteiger partial charge in [0.15, 0.2) is 0 Å². The van der Waals surface area contributed by atoms with E-state index in [1.165, 1.54) is 6.07 Å². The third-order valence-electron chi connectivity index (χ3n) is 5.98. The van der Waals surface area contributed by atoms with Gasteiger partial charge in [0.1, 0.15) is 16.4 Å². The quantitative estimate of drug-likeness (QED) is 0.620. The van der Waals surface area contributed by atoms with Crippen LogP contribution in [-0.4, -0.2) is 65.5 Å². The van der Waals surface area contributed by atoms with E-state index in [9.17, 15) is 4.79 Å². The van der Waals surface area contributed by atoms with Crippen molar-refractivity contribution in [3.63, 3.8) is 0 Å². The standard InChI is InChI=1S/C20H30Cl2N4O3/c1-4-13-10-15(25(3)19-23-17(21)12-18(22)24-19)11-14(5-2)26(13)20(27)29-16-6-8-28-9-7-16/h12-16H,4-11H2,1-3H3/t13-,14+,15?. The molecule has 162 valence electrons. The molecule has 2 aliphatic heterocycles. The first-order chi connectivity index (χ1) is 13.9. The number of aromatic nitrogens is 2. The lowest BCUT2D eigenvalue weighted by molar-refractivity contribution is -0.0272. The molecular weight excluding hydrogens is 415 g/mol. The van der Waals surface area contributed by atoms with Gasteiger partial charge in [-0.15, -0.1) is 0 Å². The average Bonchev–Trinajstić information content (AvgIpc) is 2.72. The highest BCUT2D eigenvalue weighted by Crippen LogP contribution is 2.32. The van der Waals surface area contributed by atoms with Crippen molar-refractivity contribution in [2.75, 3.05) is 25.2 Å². The van der Waals surface area contributed by atoms with Crippen LogP contribution in [0.5, 0.6) is 0 Å². The fourth-order valence-electron chi connectivity index (χ4n) is 4.29. The number of halogens is 2. The molecular formula is C20H30Cl2N4O3. The van der Waals surface area contributed by atoms with Crippen molar-refractivity contribution in [3.05, 3.63) is 16.4 Å². The summed E-state index contributed by atoms with van der Waals surface area (Å²) in [6, 6.07) is 1.91. The van der Waals surface area contributed by atoms with Crippen molar-refractivity contribution in [2.24, 2.45) is 0 Å². The molecule has 0 spiro atoms. The number of likely N-dealkylation sites (tertiary alicyclic amines) is 1. The molecule has 3 rings (SSSR count). The summed E-state index contributed by atoms with van der Waals surface area (Å²) < 4.78 is 11.2. The smallest absolute Gasteiger partial charge is 0.410 e. The summed E-state index contributed by atoms with van der Waals surface area (Å²) in [7, 11) is 1.96. The maximum Gasteiger partial charge on any atom is 0.410 e. The van der Waals surface area contributed by atoms with Crippen LogP contribution in [0.4, 0.5) is 10.7 Å². The molecule has 7 nitrogen and oxygen atoms in total. The van der Waals surface area contributed by atoms with E-state index in [-0.39, 0.29) is 30.3 Å². The van der Waals surface area contributed by atoms with Gasteiger partial charge in [-0.05, 0) is 25.7 Å². The normalized spacial score (nSPS) is 25.7. The van der Waals surface area contributed by atoms with E-state index in [2.05, 4.69) is 23.8 Å². The van der Waals surface area contributed by atoms with Gasteiger partial charge >= 0.3 is 6.09 Å². The van der Waals surface area contributed by atoms with Crippen molar-refractivity contribution in [3.8, 4) is 0 Å². The summed E-state index contributed by atoms with van der Waals surface area (Å²) in [5, 5.41) is 0.645. The maximum absolute atomic E-state index is 13.0. The molecule has 1 unspecified atom stereocenters. The second-order valence-electron chi connectivity index (χ2n) is 7.78. The summed E-state index contributed by atoms with van der Waals surface area (Å²) in [5.41, 5.74) is 0. The highest BCUT2D eigenvalue weighted by molar-refractivity contribution is 6.33. The van der Waals surface area contributed by atoms with Crippen LogP contribution in [0.25, 0.3) is 0 Å². The summed E-state index contributed by atoms with van der Waals surface area (Å²) >= 11 is 12.1.